The van der Waals surface area contributed by atoms with Gasteiger partial charge in [-0.15, -0.1) is 0 Å². The Kier molecular flexibility index (Phi) is 4.09. The Morgan fingerprint density at radius 1 is 1.17 bits per heavy atom. The Hall–Kier alpha value is -2.14. The molecule has 0 saturated carbocycles. The highest BCUT2D eigenvalue weighted by Gasteiger charge is 2.10. The van der Waals surface area contributed by atoms with Crippen LogP contribution in [0.5, 0.6) is 0 Å². The molecule has 5 nitrogen and oxygen atoms in total. The second-order valence-corrected chi connectivity index (χ2v) is 3.83. The van der Waals surface area contributed by atoms with Gasteiger partial charge in [-0.05, 0) is 5.56 Å². The highest BCUT2D eigenvalue weighted by atomic mass is 16.3. The van der Waals surface area contributed by atoms with Crippen molar-refractivity contribution in [3.63, 3.8) is 0 Å². The quantitative estimate of drug-likeness (QED) is 0.746. The number of hydrogen-bond acceptors (Lipinski definition) is 5. The molecule has 1 heterocycles. The van der Waals surface area contributed by atoms with E-state index in [0.717, 1.165) is 5.56 Å². The van der Waals surface area contributed by atoms with E-state index in [4.69, 9.17) is 0 Å². The van der Waals surface area contributed by atoms with Gasteiger partial charge in [0.05, 0.1) is 25.0 Å². The van der Waals surface area contributed by atoms with Crippen molar-refractivity contribution in [2.45, 2.75) is 6.04 Å². The molecule has 0 aliphatic heterocycles. The molecule has 1 aromatic heterocycles. The first-order valence-corrected chi connectivity index (χ1v) is 5.75. The number of nitrogens with one attached hydrogen (secondary N) is 2. The van der Waals surface area contributed by atoms with Crippen molar-refractivity contribution >= 4 is 11.6 Å². The predicted octanol–water partition coefficient (Wildman–Crippen LogP) is 1.66. The highest BCUT2D eigenvalue weighted by molar-refractivity contribution is 5.43. The van der Waals surface area contributed by atoms with Gasteiger partial charge in [-0.25, -0.2) is 4.98 Å². The van der Waals surface area contributed by atoms with Crippen LogP contribution in [0.3, 0.4) is 0 Å². The Balaban J connectivity index is 2.15. The van der Waals surface area contributed by atoms with Gasteiger partial charge < -0.3 is 15.7 Å². The Morgan fingerprint density at radius 2 is 1.89 bits per heavy atom. The molecule has 94 valence electrons. The molecule has 1 aromatic carbocycles. The average molecular weight is 244 g/mol. The number of aromatic nitrogens is 2. The van der Waals surface area contributed by atoms with Crippen molar-refractivity contribution in [3.05, 3.63) is 48.3 Å². The minimum atomic E-state index is -0.187. The molecule has 0 fully saturated rings. The molecule has 0 radical (unpaired) electrons. The molecule has 0 amide bonds. The van der Waals surface area contributed by atoms with Gasteiger partial charge in [0.25, 0.3) is 0 Å². The summed E-state index contributed by atoms with van der Waals surface area (Å²) in [6.45, 7) is -0.00449. The molecular formula is C13H16N4O. The monoisotopic (exact) mass is 244 g/mol. The maximum atomic E-state index is 9.44. The van der Waals surface area contributed by atoms with Gasteiger partial charge in [0.2, 0.25) is 0 Å². The summed E-state index contributed by atoms with van der Waals surface area (Å²) in [6, 6.07) is 9.56. The van der Waals surface area contributed by atoms with Crippen LogP contribution in [-0.4, -0.2) is 28.7 Å². The molecule has 5 heteroatoms. The maximum absolute atomic E-state index is 9.44. The SMILES string of the molecule is CNc1cncc(NC(CO)c2ccccc2)n1. The van der Waals surface area contributed by atoms with Crippen molar-refractivity contribution < 1.29 is 5.11 Å². The molecule has 3 N–H and O–H groups in total. The van der Waals surface area contributed by atoms with Gasteiger partial charge in [-0.3, -0.25) is 4.98 Å². The van der Waals surface area contributed by atoms with E-state index in [1.165, 1.54) is 0 Å². The second-order valence-electron chi connectivity index (χ2n) is 3.83. The largest absolute Gasteiger partial charge is 0.394 e. The first-order valence-electron chi connectivity index (χ1n) is 5.75. The van der Waals surface area contributed by atoms with Gasteiger partial charge in [-0.1, -0.05) is 30.3 Å². The molecule has 0 aliphatic carbocycles. The standard InChI is InChI=1S/C13H16N4O/c1-14-12-7-15-8-13(17-12)16-11(9-18)10-5-3-2-4-6-10/h2-8,11,18H,9H2,1H3,(H2,14,16,17). The summed E-state index contributed by atoms with van der Waals surface area (Å²) in [5, 5.41) is 15.5. The second kappa shape index (κ2) is 5.97. The van der Waals surface area contributed by atoms with E-state index in [1.54, 1.807) is 19.4 Å². The molecule has 0 spiro atoms. The fraction of sp³-hybridized carbons (Fsp3) is 0.231. The number of anilines is 2. The lowest BCUT2D eigenvalue weighted by molar-refractivity contribution is 0.276. The van der Waals surface area contributed by atoms with Crippen molar-refractivity contribution in [2.24, 2.45) is 0 Å². The molecule has 0 aliphatic rings. The van der Waals surface area contributed by atoms with Crippen LogP contribution >= 0.6 is 0 Å². The zero-order chi connectivity index (χ0) is 12.8. The van der Waals surface area contributed by atoms with E-state index >= 15 is 0 Å². The lowest BCUT2D eigenvalue weighted by atomic mass is 10.1. The number of hydrogen-bond donors (Lipinski definition) is 3. The van der Waals surface area contributed by atoms with E-state index in [0.29, 0.717) is 11.6 Å². The van der Waals surface area contributed by atoms with Crippen molar-refractivity contribution in [2.75, 3.05) is 24.3 Å². The van der Waals surface area contributed by atoms with Crippen molar-refractivity contribution in [3.8, 4) is 0 Å². The summed E-state index contributed by atoms with van der Waals surface area (Å²) in [5.74, 6) is 1.31. The van der Waals surface area contributed by atoms with E-state index in [-0.39, 0.29) is 12.6 Å². The normalized spacial score (nSPS) is 11.9. The average Bonchev–Trinajstić information content (AvgIpc) is 2.46. The van der Waals surface area contributed by atoms with Crippen LogP contribution in [-0.2, 0) is 0 Å². The van der Waals surface area contributed by atoms with Crippen LogP contribution in [0.25, 0.3) is 0 Å². The smallest absolute Gasteiger partial charge is 0.147 e. The van der Waals surface area contributed by atoms with Crippen molar-refractivity contribution in [1.82, 2.24) is 9.97 Å². The molecule has 0 bridgehead atoms. The number of aliphatic hydroxyl groups is 1. The molecule has 2 rings (SSSR count). The third-order valence-electron chi connectivity index (χ3n) is 2.60. The molecule has 0 saturated heterocycles. The predicted molar refractivity (Wildman–Crippen MR) is 71.5 cm³/mol. The number of aliphatic hydroxyl groups excluding tert-OH is 1. The third kappa shape index (κ3) is 2.95. The number of benzene rings is 1. The summed E-state index contributed by atoms with van der Waals surface area (Å²) in [7, 11) is 1.79. The van der Waals surface area contributed by atoms with E-state index in [2.05, 4.69) is 20.6 Å². The first-order chi connectivity index (χ1) is 8.83. The Labute approximate surface area is 106 Å². The zero-order valence-electron chi connectivity index (χ0n) is 10.2. The first kappa shape index (κ1) is 12.3. The van der Waals surface area contributed by atoms with Gasteiger partial charge in [-0.2, -0.15) is 0 Å². The molecule has 1 unspecified atom stereocenters. The fourth-order valence-electron chi connectivity index (χ4n) is 1.65. The fourth-order valence-corrected chi connectivity index (χ4v) is 1.65. The third-order valence-corrected chi connectivity index (χ3v) is 2.60. The van der Waals surface area contributed by atoms with Crippen LogP contribution < -0.4 is 10.6 Å². The van der Waals surface area contributed by atoms with E-state index in [1.807, 2.05) is 30.3 Å². The van der Waals surface area contributed by atoms with Crippen LogP contribution in [0.4, 0.5) is 11.6 Å². The summed E-state index contributed by atoms with van der Waals surface area (Å²) in [6.07, 6.45) is 3.27. The maximum Gasteiger partial charge on any atom is 0.147 e. The van der Waals surface area contributed by atoms with Crippen LogP contribution in [0.15, 0.2) is 42.7 Å². The summed E-state index contributed by atoms with van der Waals surface area (Å²) in [4.78, 5) is 8.38. The van der Waals surface area contributed by atoms with Crippen molar-refractivity contribution in [1.29, 1.82) is 0 Å². The number of nitrogens with zero attached hydrogens (tertiary/aromatic N) is 2. The molecule has 1 atom stereocenters. The molecule has 18 heavy (non-hydrogen) atoms. The lowest BCUT2D eigenvalue weighted by Gasteiger charge is -2.17. The Morgan fingerprint density at radius 3 is 2.56 bits per heavy atom. The topological polar surface area (TPSA) is 70.1 Å². The van der Waals surface area contributed by atoms with E-state index < -0.39 is 0 Å². The number of rotatable bonds is 5. The van der Waals surface area contributed by atoms with Crippen LogP contribution in [0.1, 0.15) is 11.6 Å². The highest BCUT2D eigenvalue weighted by Crippen LogP contribution is 2.17. The van der Waals surface area contributed by atoms with E-state index in [9.17, 15) is 5.11 Å². The molecule has 2 aromatic rings. The van der Waals surface area contributed by atoms with Gasteiger partial charge in [0.15, 0.2) is 0 Å². The van der Waals surface area contributed by atoms with Gasteiger partial charge in [0, 0.05) is 7.05 Å². The molecular weight excluding hydrogens is 228 g/mol. The summed E-state index contributed by atoms with van der Waals surface area (Å²) >= 11 is 0. The Bertz CT molecular complexity index is 489. The lowest BCUT2D eigenvalue weighted by Crippen LogP contribution is -2.16. The zero-order valence-corrected chi connectivity index (χ0v) is 10.2. The minimum Gasteiger partial charge on any atom is -0.394 e. The summed E-state index contributed by atoms with van der Waals surface area (Å²) in [5.41, 5.74) is 1.01. The van der Waals surface area contributed by atoms with Crippen LogP contribution in [0, 0.1) is 0 Å². The summed E-state index contributed by atoms with van der Waals surface area (Å²) < 4.78 is 0. The van der Waals surface area contributed by atoms with Gasteiger partial charge in [0.1, 0.15) is 11.6 Å². The minimum absolute atomic E-state index is 0.00449. The van der Waals surface area contributed by atoms with Gasteiger partial charge >= 0.3 is 0 Å². The van der Waals surface area contributed by atoms with Crippen LogP contribution in [0.2, 0.25) is 0 Å².